The van der Waals surface area contributed by atoms with Crippen molar-refractivity contribution in [1.29, 1.82) is 0 Å². The average Bonchev–Trinajstić information content (AvgIpc) is 2.65. The van der Waals surface area contributed by atoms with Gasteiger partial charge in [0.05, 0.1) is 19.3 Å². The van der Waals surface area contributed by atoms with Gasteiger partial charge >= 0.3 is 0 Å². The molecule has 1 aromatic heterocycles. The molecule has 1 aromatic rings. The average molecular weight is 277 g/mol. The molecule has 2 rings (SSSR count). The van der Waals surface area contributed by atoms with E-state index in [1.807, 2.05) is 5.38 Å². The van der Waals surface area contributed by atoms with Crippen LogP contribution in [-0.2, 0) is 4.74 Å². The van der Waals surface area contributed by atoms with Crippen LogP contribution in [0.25, 0.3) is 0 Å². The van der Waals surface area contributed by atoms with Crippen molar-refractivity contribution in [3.63, 3.8) is 0 Å². The number of thiazole rings is 1. The van der Waals surface area contributed by atoms with Crippen molar-refractivity contribution >= 4 is 32.4 Å². The van der Waals surface area contributed by atoms with Crippen molar-refractivity contribution in [1.82, 2.24) is 4.98 Å². The van der Waals surface area contributed by atoms with E-state index in [0.717, 1.165) is 35.9 Å². The maximum Gasteiger partial charge on any atom is 0.186 e. The summed E-state index contributed by atoms with van der Waals surface area (Å²) in [5.41, 5.74) is 0. The number of rotatable bonds is 2. The summed E-state index contributed by atoms with van der Waals surface area (Å²) < 4.78 is 6.38. The Morgan fingerprint density at radius 3 is 3.29 bits per heavy atom. The Morgan fingerprint density at radius 1 is 1.79 bits per heavy atom. The first kappa shape index (κ1) is 10.4. The van der Waals surface area contributed by atoms with E-state index in [1.54, 1.807) is 11.3 Å². The standard InChI is InChI=1S/C9H13BrN2OS/c1-2-7-5-13-4-3-12(7)9-11-8(10)6-14-9/h6-7H,2-5H2,1H3. The van der Waals surface area contributed by atoms with Crippen LogP contribution in [0.5, 0.6) is 0 Å². The first-order chi connectivity index (χ1) is 6.81. The van der Waals surface area contributed by atoms with E-state index in [1.165, 1.54) is 0 Å². The largest absolute Gasteiger partial charge is 0.377 e. The zero-order chi connectivity index (χ0) is 9.97. The van der Waals surface area contributed by atoms with E-state index in [0.29, 0.717) is 6.04 Å². The number of halogens is 1. The predicted octanol–water partition coefficient (Wildman–Crippen LogP) is 2.52. The number of aromatic nitrogens is 1. The SMILES string of the molecule is CCC1COCCN1c1nc(Br)cs1. The molecular weight excluding hydrogens is 264 g/mol. The molecule has 0 aromatic carbocycles. The number of hydrogen-bond donors (Lipinski definition) is 0. The van der Waals surface area contributed by atoms with Gasteiger partial charge in [-0.1, -0.05) is 6.92 Å². The van der Waals surface area contributed by atoms with Crippen LogP contribution in [0.15, 0.2) is 9.98 Å². The first-order valence-electron chi connectivity index (χ1n) is 4.76. The summed E-state index contributed by atoms with van der Waals surface area (Å²) in [4.78, 5) is 6.78. The highest BCUT2D eigenvalue weighted by molar-refractivity contribution is 9.10. The lowest BCUT2D eigenvalue weighted by atomic mass is 10.2. The lowest BCUT2D eigenvalue weighted by molar-refractivity contribution is 0.0929. The monoisotopic (exact) mass is 276 g/mol. The van der Waals surface area contributed by atoms with E-state index >= 15 is 0 Å². The van der Waals surface area contributed by atoms with E-state index in [2.05, 4.69) is 32.7 Å². The van der Waals surface area contributed by atoms with Gasteiger partial charge < -0.3 is 9.64 Å². The second-order valence-corrected chi connectivity index (χ2v) is 4.93. The van der Waals surface area contributed by atoms with Gasteiger partial charge in [0, 0.05) is 11.9 Å². The van der Waals surface area contributed by atoms with Gasteiger partial charge in [-0.05, 0) is 22.4 Å². The Morgan fingerprint density at radius 2 is 2.64 bits per heavy atom. The van der Waals surface area contributed by atoms with Gasteiger partial charge in [0.15, 0.2) is 5.13 Å². The summed E-state index contributed by atoms with van der Waals surface area (Å²) in [6.07, 6.45) is 1.11. The number of ether oxygens (including phenoxy) is 1. The summed E-state index contributed by atoms with van der Waals surface area (Å²) in [6, 6.07) is 0.488. The molecule has 0 bridgehead atoms. The lowest BCUT2D eigenvalue weighted by Crippen LogP contribution is -2.45. The highest BCUT2D eigenvalue weighted by Crippen LogP contribution is 2.27. The second-order valence-electron chi connectivity index (χ2n) is 3.28. The minimum absolute atomic E-state index is 0.488. The molecule has 0 saturated carbocycles. The zero-order valence-electron chi connectivity index (χ0n) is 8.07. The van der Waals surface area contributed by atoms with Crippen LogP contribution >= 0.6 is 27.3 Å². The fraction of sp³-hybridized carbons (Fsp3) is 0.667. The minimum Gasteiger partial charge on any atom is -0.377 e. The Balaban J connectivity index is 2.14. The summed E-state index contributed by atoms with van der Waals surface area (Å²) in [5, 5.41) is 3.13. The minimum atomic E-state index is 0.488. The summed E-state index contributed by atoms with van der Waals surface area (Å²) in [5.74, 6) is 0. The van der Waals surface area contributed by atoms with Crippen molar-refractivity contribution in [3.8, 4) is 0 Å². The molecule has 1 fully saturated rings. The van der Waals surface area contributed by atoms with Crippen molar-refractivity contribution in [3.05, 3.63) is 9.98 Å². The number of morpholine rings is 1. The van der Waals surface area contributed by atoms with E-state index in [-0.39, 0.29) is 0 Å². The molecule has 14 heavy (non-hydrogen) atoms. The van der Waals surface area contributed by atoms with E-state index in [4.69, 9.17) is 4.74 Å². The molecule has 0 aliphatic carbocycles. The van der Waals surface area contributed by atoms with Crippen LogP contribution < -0.4 is 4.90 Å². The summed E-state index contributed by atoms with van der Waals surface area (Å²) in [6.45, 7) is 4.79. The number of nitrogens with zero attached hydrogens (tertiary/aromatic N) is 2. The summed E-state index contributed by atoms with van der Waals surface area (Å²) >= 11 is 5.07. The molecule has 0 amide bonds. The second kappa shape index (κ2) is 4.59. The highest BCUT2D eigenvalue weighted by Gasteiger charge is 2.23. The normalized spacial score (nSPS) is 22.7. The van der Waals surface area contributed by atoms with Gasteiger partial charge in [-0.2, -0.15) is 0 Å². The number of anilines is 1. The molecular formula is C9H13BrN2OS. The van der Waals surface area contributed by atoms with Gasteiger partial charge in [-0.3, -0.25) is 0 Å². The molecule has 0 N–H and O–H groups in total. The van der Waals surface area contributed by atoms with Crippen molar-refractivity contribution in [2.24, 2.45) is 0 Å². The van der Waals surface area contributed by atoms with Gasteiger partial charge in [0.25, 0.3) is 0 Å². The Kier molecular flexibility index (Phi) is 3.41. The Hall–Kier alpha value is -0.130. The van der Waals surface area contributed by atoms with Gasteiger partial charge in [-0.25, -0.2) is 4.98 Å². The lowest BCUT2D eigenvalue weighted by Gasteiger charge is -2.34. The number of hydrogen-bond acceptors (Lipinski definition) is 4. The zero-order valence-corrected chi connectivity index (χ0v) is 10.5. The fourth-order valence-corrected chi connectivity index (χ4v) is 2.97. The van der Waals surface area contributed by atoms with Crippen LogP contribution in [0.4, 0.5) is 5.13 Å². The van der Waals surface area contributed by atoms with Gasteiger partial charge in [0.1, 0.15) is 4.60 Å². The molecule has 3 nitrogen and oxygen atoms in total. The Bertz CT molecular complexity index is 305. The third-order valence-corrected chi connectivity index (χ3v) is 4.00. The highest BCUT2D eigenvalue weighted by atomic mass is 79.9. The maximum absolute atomic E-state index is 5.45. The predicted molar refractivity (Wildman–Crippen MR) is 62.1 cm³/mol. The third-order valence-electron chi connectivity index (χ3n) is 2.41. The van der Waals surface area contributed by atoms with Crippen molar-refractivity contribution in [2.75, 3.05) is 24.7 Å². The first-order valence-corrected chi connectivity index (χ1v) is 6.44. The van der Waals surface area contributed by atoms with Gasteiger partial charge in [-0.15, -0.1) is 11.3 Å². The molecule has 1 aliphatic heterocycles. The third kappa shape index (κ3) is 2.10. The topological polar surface area (TPSA) is 25.4 Å². The van der Waals surface area contributed by atoms with Crippen LogP contribution in [0, 0.1) is 0 Å². The van der Waals surface area contributed by atoms with Crippen LogP contribution in [-0.4, -0.2) is 30.8 Å². The van der Waals surface area contributed by atoms with Crippen molar-refractivity contribution in [2.45, 2.75) is 19.4 Å². The van der Waals surface area contributed by atoms with E-state index < -0.39 is 0 Å². The van der Waals surface area contributed by atoms with Crippen LogP contribution in [0.2, 0.25) is 0 Å². The molecule has 1 unspecified atom stereocenters. The van der Waals surface area contributed by atoms with Crippen LogP contribution in [0.3, 0.4) is 0 Å². The molecule has 78 valence electrons. The van der Waals surface area contributed by atoms with Gasteiger partial charge in [0.2, 0.25) is 0 Å². The molecule has 1 atom stereocenters. The summed E-state index contributed by atoms with van der Waals surface area (Å²) in [7, 11) is 0. The molecule has 0 radical (unpaired) electrons. The Labute approximate surface area is 96.2 Å². The quantitative estimate of drug-likeness (QED) is 0.830. The molecule has 5 heteroatoms. The molecule has 2 heterocycles. The smallest absolute Gasteiger partial charge is 0.186 e. The molecule has 1 saturated heterocycles. The van der Waals surface area contributed by atoms with E-state index in [9.17, 15) is 0 Å². The molecule has 0 spiro atoms. The molecule has 1 aliphatic rings. The van der Waals surface area contributed by atoms with Crippen molar-refractivity contribution < 1.29 is 4.74 Å². The maximum atomic E-state index is 5.45. The fourth-order valence-electron chi connectivity index (χ4n) is 1.62. The van der Waals surface area contributed by atoms with Crippen LogP contribution in [0.1, 0.15) is 13.3 Å².